The van der Waals surface area contributed by atoms with Crippen molar-refractivity contribution in [2.75, 3.05) is 11.9 Å². The number of nitrogens with one attached hydrogen (secondary N) is 1. The lowest BCUT2D eigenvalue weighted by atomic mass is 9.96. The van der Waals surface area contributed by atoms with Gasteiger partial charge in [0.15, 0.2) is 0 Å². The molecule has 182 valence electrons. The summed E-state index contributed by atoms with van der Waals surface area (Å²) in [5.41, 5.74) is 8.83. The highest BCUT2D eigenvalue weighted by atomic mass is 35.5. The highest BCUT2D eigenvalue weighted by Crippen LogP contribution is 2.27. The Bertz CT molecular complexity index is 1440. The third-order valence-corrected chi connectivity index (χ3v) is 6.94. The Morgan fingerprint density at radius 1 is 0.889 bits per heavy atom. The molecule has 0 spiro atoms. The quantitative estimate of drug-likeness (QED) is 0.231. The molecule has 0 atom stereocenters. The second-order valence-electron chi connectivity index (χ2n) is 8.52. The van der Waals surface area contributed by atoms with Crippen molar-refractivity contribution in [1.29, 1.82) is 0 Å². The standard InChI is InChI=1S/C30H27N3OS.ClH/c1-2-33(19-22-9-5-3-6-10-22)20-25-17-24(13-15-27(25)23-11-7-4-8-12-23)30(34)32-26-14-16-29-28(18-26)31-21-35-29;/h3-18,21H,2,19-20H2,1H3,(H,32,34);1H. The van der Waals surface area contributed by atoms with Crippen molar-refractivity contribution in [3.05, 3.63) is 119 Å². The van der Waals surface area contributed by atoms with Gasteiger partial charge in [0.2, 0.25) is 0 Å². The summed E-state index contributed by atoms with van der Waals surface area (Å²) >= 11 is 1.59. The molecule has 5 rings (SSSR count). The van der Waals surface area contributed by atoms with Crippen molar-refractivity contribution < 1.29 is 4.79 Å². The van der Waals surface area contributed by atoms with Crippen molar-refractivity contribution in [2.45, 2.75) is 20.0 Å². The van der Waals surface area contributed by atoms with Gasteiger partial charge in [0.25, 0.3) is 5.91 Å². The zero-order valence-corrected chi connectivity index (χ0v) is 21.7. The fourth-order valence-electron chi connectivity index (χ4n) is 4.27. The Morgan fingerprint density at radius 3 is 2.39 bits per heavy atom. The first-order chi connectivity index (χ1) is 17.2. The van der Waals surface area contributed by atoms with E-state index in [0.717, 1.165) is 52.2 Å². The van der Waals surface area contributed by atoms with Gasteiger partial charge < -0.3 is 5.32 Å². The van der Waals surface area contributed by atoms with E-state index in [2.05, 4.69) is 76.7 Å². The molecule has 1 aromatic heterocycles. The molecule has 0 aliphatic heterocycles. The number of hydrogen-bond donors (Lipinski definition) is 1. The maximum atomic E-state index is 13.2. The molecule has 0 radical (unpaired) electrons. The molecule has 0 bridgehead atoms. The number of carbonyl (C=O) groups excluding carboxylic acids is 1. The van der Waals surface area contributed by atoms with E-state index < -0.39 is 0 Å². The molecule has 0 saturated carbocycles. The zero-order chi connectivity index (χ0) is 24.0. The normalized spacial score (nSPS) is 10.8. The van der Waals surface area contributed by atoms with Crippen LogP contribution in [0.25, 0.3) is 21.3 Å². The van der Waals surface area contributed by atoms with Crippen LogP contribution in [0.5, 0.6) is 0 Å². The molecule has 36 heavy (non-hydrogen) atoms. The highest BCUT2D eigenvalue weighted by Gasteiger charge is 2.15. The van der Waals surface area contributed by atoms with E-state index in [-0.39, 0.29) is 18.3 Å². The molecule has 0 fully saturated rings. The summed E-state index contributed by atoms with van der Waals surface area (Å²) in [4.78, 5) is 19.9. The van der Waals surface area contributed by atoms with Crippen LogP contribution >= 0.6 is 23.7 Å². The van der Waals surface area contributed by atoms with Gasteiger partial charge in [-0.1, -0.05) is 73.7 Å². The zero-order valence-electron chi connectivity index (χ0n) is 20.1. The Hall–Kier alpha value is -3.51. The molecular formula is C30H28ClN3OS. The topological polar surface area (TPSA) is 45.2 Å². The van der Waals surface area contributed by atoms with Gasteiger partial charge in [0, 0.05) is 24.3 Å². The second-order valence-corrected chi connectivity index (χ2v) is 9.40. The fourth-order valence-corrected chi connectivity index (χ4v) is 4.92. The molecule has 0 unspecified atom stereocenters. The summed E-state index contributed by atoms with van der Waals surface area (Å²) in [5, 5.41) is 3.05. The van der Waals surface area contributed by atoms with Crippen LogP contribution in [0, 0.1) is 0 Å². The summed E-state index contributed by atoms with van der Waals surface area (Å²) in [6, 6.07) is 32.7. The Labute approximate surface area is 222 Å². The van der Waals surface area contributed by atoms with Crippen LogP contribution in [0.2, 0.25) is 0 Å². The van der Waals surface area contributed by atoms with Gasteiger partial charge in [0.05, 0.1) is 15.7 Å². The number of thiazole rings is 1. The van der Waals surface area contributed by atoms with Crippen molar-refractivity contribution in [2.24, 2.45) is 0 Å². The number of halogens is 1. The molecule has 0 aliphatic rings. The van der Waals surface area contributed by atoms with E-state index in [1.54, 1.807) is 11.3 Å². The lowest BCUT2D eigenvalue weighted by Gasteiger charge is -2.23. The van der Waals surface area contributed by atoms with E-state index in [1.165, 1.54) is 5.56 Å². The number of benzene rings is 4. The predicted octanol–water partition coefficient (Wildman–Crippen LogP) is 7.66. The maximum Gasteiger partial charge on any atom is 0.255 e. The van der Waals surface area contributed by atoms with Crippen molar-refractivity contribution >= 4 is 45.6 Å². The number of rotatable bonds is 8. The smallest absolute Gasteiger partial charge is 0.255 e. The molecule has 4 nitrogen and oxygen atoms in total. The van der Waals surface area contributed by atoms with E-state index in [0.29, 0.717) is 5.56 Å². The molecule has 1 heterocycles. The van der Waals surface area contributed by atoms with Gasteiger partial charge in [-0.05, 0) is 59.1 Å². The first-order valence-electron chi connectivity index (χ1n) is 11.8. The SMILES string of the molecule is CCN(Cc1ccccc1)Cc1cc(C(=O)Nc2ccc3scnc3c2)ccc1-c1ccccc1.Cl. The van der Waals surface area contributed by atoms with Crippen molar-refractivity contribution in [1.82, 2.24) is 9.88 Å². The number of amides is 1. The summed E-state index contributed by atoms with van der Waals surface area (Å²) in [7, 11) is 0. The van der Waals surface area contributed by atoms with Gasteiger partial charge in [-0.15, -0.1) is 23.7 Å². The number of fused-ring (bicyclic) bond motifs is 1. The van der Waals surface area contributed by atoms with Crippen molar-refractivity contribution in [3.8, 4) is 11.1 Å². The molecule has 4 aromatic carbocycles. The molecule has 5 aromatic rings. The Kier molecular flexibility index (Phi) is 8.49. The third-order valence-electron chi connectivity index (χ3n) is 6.13. The lowest BCUT2D eigenvalue weighted by molar-refractivity contribution is 0.102. The van der Waals surface area contributed by atoms with Crippen LogP contribution in [-0.2, 0) is 13.1 Å². The molecule has 1 N–H and O–H groups in total. The summed E-state index contributed by atoms with van der Waals surface area (Å²) in [6.07, 6.45) is 0. The predicted molar refractivity (Wildman–Crippen MR) is 153 cm³/mol. The number of aromatic nitrogens is 1. The average Bonchev–Trinajstić information content (AvgIpc) is 3.37. The van der Waals surface area contributed by atoms with Crippen LogP contribution in [0.4, 0.5) is 5.69 Å². The van der Waals surface area contributed by atoms with E-state index >= 15 is 0 Å². The second kappa shape index (κ2) is 12.0. The van der Waals surface area contributed by atoms with E-state index in [4.69, 9.17) is 0 Å². The number of carbonyl (C=O) groups is 1. The van der Waals surface area contributed by atoms with Gasteiger partial charge in [0.1, 0.15) is 0 Å². The van der Waals surface area contributed by atoms with Crippen LogP contribution in [0.1, 0.15) is 28.4 Å². The Balaban J connectivity index is 0.00000304. The number of nitrogens with zero attached hydrogens (tertiary/aromatic N) is 2. The van der Waals surface area contributed by atoms with Crippen molar-refractivity contribution in [3.63, 3.8) is 0 Å². The van der Waals surface area contributed by atoms with Crippen LogP contribution in [-0.4, -0.2) is 22.3 Å². The van der Waals surface area contributed by atoms with E-state index in [9.17, 15) is 4.79 Å². The first-order valence-corrected chi connectivity index (χ1v) is 12.7. The largest absolute Gasteiger partial charge is 0.322 e. The molecule has 1 amide bonds. The third kappa shape index (κ3) is 6.00. The monoisotopic (exact) mass is 513 g/mol. The summed E-state index contributed by atoms with van der Waals surface area (Å²) in [5.74, 6) is -0.119. The minimum Gasteiger partial charge on any atom is -0.322 e. The minimum atomic E-state index is -0.119. The first kappa shape index (κ1) is 25.6. The number of anilines is 1. The van der Waals surface area contributed by atoms with Gasteiger partial charge >= 0.3 is 0 Å². The Morgan fingerprint density at radius 2 is 1.64 bits per heavy atom. The summed E-state index contributed by atoms with van der Waals surface area (Å²) in [6.45, 7) is 4.70. The fraction of sp³-hybridized carbons (Fsp3) is 0.133. The van der Waals surface area contributed by atoms with Gasteiger partial charge in [-0.3, -0.25) is 9.69 Å². The molecule has 0 saturated heterocycles. The summed E-state index contributed by atoms with van der Waals surface area (Å²) < 4.78 is 1.11. The number of hydrogen-bond acceptors (Lipinski definition) is 4. The van der Waals surface area contributed by atoms with Crippen LogP contribution in [0.3, 0.4) is 0 Å². The van der Waals surface area contributed by atoms with Crippen LogP contribution in [0.15, 0.2) is 103 Å². The lowest BCUT2D eigenvalue weighted by Crippen LogP contribution is -2.23. The molecular weight excluding hydrogens is 486 g/mol. The highest BCUT2D eigenvalue weighted by molar-refractivity contribution is 7.16. The minimum absolute atomic E-state index is 0. The molecule has 0 aliphatic carbocycles. The van der Waals surface area contributed by atoms with Crippen LogP contribution < -0.4 is 5.32 Å². The van der Waals surface area contributed by atoms with E-state index in [1.807, 2.05) is 48.0 Å². The van der Waals surface area contributed by atoms with Gasteiger partial charge in [-0.25, -0.2) is 4.98 Å². The molecule has 6 heteroatoms. The van der Waals surface area contributed by atoms with Gasteiger partial charge in [-0.2, -0.15) is 0 Å². The average molecular weight is 514 g/mol. The maximum absolute atomic E-state index is 13.2.